The second-order valence-corrected chi connectivity index (χ2v) is 4.64. The van der Waals surface area contributed by atoms with Crippen LogP contribution in [0.4, 0.5) is 0 Å². The number of nitrogens with one attached hydrogen (secondary N) is 2. The van der Waals surface area contributed by atoms with E-state index >= 15 is 0 Å². The highest BCUT2D eigenvalue weighted by Crippen LogP contribution is 2.25. The van der Waals surface area contributed by atoms with Gasteiger partial charge in [-0.2, -0.15) is 0 Å². The van der Waals surface area contributed by atoms with Crippen LogP contribution in [0, 0.1) is 5.92 Å². The molecule has 3 N–H and O–H groups in total. The number of carbonyl (C=O) groups is 1. The first kappa shape index (κ1) is 10.9. The molecule has 0 aromatic rings. The van der Waals surface area contributed by atoms with Gasteiger partial charge in [0.15, 0.2) is 0 Å². The van der Waals surface area contributed by atoms with Crippen LogP contribution in [0.2, 0.25) is 0 Å². The summed E-state index contributed by atoms with van der Waals surface area (Å²) in [6.07, 6.45) is 5.21. The third-order valence-corrected chi connectivity index (χ3v) is 3.60. The molecule has 4 nitrogen and oxygen atoms in total. The summed E-state index contributed by atoms with van der Waals surface area (Å²) in [6.45, 7) is 1.15. The Morgan fingerprint density at radius 2 is 2.20 bits per heavy atom. The summed E-state index contributed by atoms with van der Waals surface area (Å²) < 4.78 is 0. The summed E-state index contributed by atoms with van der Waals surface area (Å²) in [5.41, 5.74) is 0. The van der Waals surface area contributed by atoms with Crippen LogP contribution in [0.15, 0.2) is 0 Å². The summed E-state index contributed by atoms with van der Waals surface area (Å²) in [4.78, 5) is 11.8. The highest BCUT2D eigenvalue weighted by atomic mass is 16.3. The number of aliphatic hydroxyl groups excluding tert-OH is 1. The SMILES string of the molecule is O=C(NC1CCCC1CO)[C@@H]1CCCN1. The Labute approximate surface area is 90.4 Å². The molecular formula is C11H20N2O2. The van der Waals surface area contributed by atoms with E-state index in [2.05, 4.69) is 10.6 Å². The maximum Gasteiger partial charge on any atom is 0.237 e. The van der Waals surface area contributed by atoms with Crippen LogP contribution in [0.3, 0.4) is 0 Å². The first-order chi connectivity index (χ1) is 7.31. The number of hydrogen-bond acceptors (Lipinski definition) is 3. The van der Waals surface area contributed by atoms with Crippen molar-refractivity contribution in [1.82, 2.24) is 10.6 Å². The second-order valence-electron chi connectivity index (χ2n) is 4.64. The van der Waals surface area contributed by atoms with Crippen molar-refractivity contribution in [2.45, 2.75) is 44.2 Å². The molecule has 1 saturated heterocycles. The van der Waals surface area contributed by atoms with Crippen molar-refractivity contribution >= 4 is 5.91 Å². The van der Waals surface area contributed by atoms with Crippen molar-refractivity contribution in [3.8, 4) is 0 Å². The van der Waals surface area contributed by atoms with Crippen LogP contribution in [-0.4, -0.2) is 36.2 Å². The van der Waals surface area contributed by atoms with Crippen LogP contribution < -0.4 is 10.6 Å². The third-order valence-electron chi connectivity index (χ3n) is 3.60. The van der Waals surface area contributed by atoms with Gasteiger partial charge in [0.1, 0.15) is 0 Å². The molecule has 2 rings (SSSR count). The highest BCUT2D eigenvalue weighted by molar-refractivity contribution is 5.82. The Hall–Kier alpha value is -0.610. The molecule has 2 fully saturated rings. The van der Waals surface area contributed by atoms with Gasteiger partial charge >= 0.3 is 0 Å². The molecule has 1 saturated carbocycles. The molecule has 1 heterocycles. The fourth-order valence-corrected chi connectivity index (χ4v) is 2.64. The average molecular weight is 212 g/mol. The number of carbonyl (C=O) groups excluding carboxylic acids is 1. The van der Waals surface area contributed by atoms with E-state index in [-0.39, 0.29) is 30.5 Å². The van der Waals surface area contributed by atoms with Crippen molar-refractivity contribution in [1.29, 1.82) is 0 Å². The lowest BCUT2D eigenvalue weighted by atomic mass is 10.0. The number of aliphatic hydroxyl groups is 1. The topological polar surface area (TPSA) is 61.4 Å². The Bertz CT molecular complexity index is 227. The Morgan fingerprint density at radius 3 is 2.87 bits per heavy atom. The first-order valence-electron chi connectivity index (χ1n) is 5.96. The molecule has 2 aliphatic rings. The normalized spacial score (nSPS) is 35.7. The van der Waals surface area contributed by atoms with E-state index in [1.807, 2.05) is 0 Å². The second kappa shape index (κ2) is 4.94. The molecular weight excluding hydrogens is 192 g/mol. The van der Waals surface area contributed by atoms with Gasteiger partial charge in [0, 0.05) is 18.6 Å². The largest absolute Gasteiger partial charge is 0.396 e. The summed E-state index contributed by atoms with van der Waals surface area (Å²) in [6, 6.07) is 0.204. The molecule has 2 unspecified atom stereocenters. The third kappa shape index (κ3) is 2.49. The standard InChI is InChI=1S/C11H20N2O2/c14-7-8-3-1-4-9(8)13-11(15)10-5-2-6-12-10/h8-10,12,14H,1-7H2,(H,13,15)/t8?,9?,10-/m0/s1. The van der Waals surface area contributed by atoms with E-state index in [0.717, 1.165) is 38.6 Å². The molecule has 0 spiro atoms. The van der Waals surface area contributed by atoms with Crippen LogP contribution >= 0.6 is 0 Å². The van der Waals surface area contributed by atoms with E-state index in [4.69, 9.17) is 5.11 Å². The molecule has 0 bridgehead atoms. The molecule has 0 aromatic heterocycles. The zero-order valence-corrected chi connectivity index (χ0v) is 9.04. The van der Waals surface area contributed by atoms with Gasteiger partial charge in [-0.1, -0.05) is 6.42 Å². The molecule has 86 valence electrons. The number of rotatable bonds is 3. The summed E-state index contributed by atoms with van der Waals surface area (Å²) >= 11 is 0. The predicted octanol–water partition coefficient (Wildman–Crippen LogP) is 0.0156. The van der Waals surface area contributed by atoms with Gasteiger partial charge in [-0.15, -0.1) is 0 Å². The van der Waals surface area contributed by atoms with E-state index in [9.17, 15) is 4.79 Å². The lowest BCUT2D eigenvalue weighted by molar-refractivity contribution is -0.123. The Balaban J connectivity index is 1.82. The molecule has 1 aliphatic heterocycles. The lowest BCUT2D eigenvalue weighted by Gasteiger charge is -2.21. The maximum atomic E-state index is 11.8. The van der Waals surface area contributed by atoms with Gasteiger partial charge in [0.25, 0.3) is 0 Å². The molecule has 15 heavy (non-hydrogen) atoms. The fourth-order valence-electron chi connectivity index (χ4n) is 2.64. The smallest absolute Gasteiger partial charge is 0.237 e. The number of amides is 1. The maximum absolute atomic E-state index is 11.8. The van der Waals surface area contributed by atoms with Crippen molar-refractivity contribution in [3.63, 3.8) is 0 Å². The minimum Gasteiger partial charge on any atom is -0.396 e. The lowest BCUT2D eigenvalue weighted by Crippen LogP contribution is -2.46. The van der Waals surface area contributed by atoms with Crippen molar-refractivity contribution < 1.29 is 9.90 Å². The molecule has 1 aliphatic carbocycles. The first-order valence-corrected chi connectivity index (χ1v) is 5.96. The van der Waals surface area contributed by atoms with E-state index in [1.165, 1.54) is 0 Å². The zero-order chi connectivity index (χ0) is 10.7. The van der Waals surface area contributed by atoms with Gasteiger partial charge in [0.2, 0.25) is 5.91 Å². The van der Waals surface area contributed by atoms with Crippen LogP contribution in [-0.2, 0) is 4.79 Å². The van der Waals surface area contributed by atoms with Crippen molar-refractivity contribution in [2.24, 2.45) is 5.92 Å². The van der Waals surface area contributed by atoms with Gasteiger partial charge < -0.3 is 15.7 Å². The Morgan fingerprint density at radius 1 is 1.33 bits per heavy atom. The molecule has 1 amide bonds. The van der Waals surface area contributed by atoms with Crippen molar-refractivity contribution in [2.75, 3.05) is 13.2 Å². The van der Waals surface area contributed by atoms with Crippen molar-refractivity contribution in [3.05, 3.63) is 0 Å². The minimum atomic E-state index is 0.00458. The summed E-state index contributed by atoms with van der Waals surface area (Å²) in [5, 5.41) is 15.4. The predicted molar refractivity (Wildman–Crippen MR) is 57.4 cm³/mol. The molecule has 0 aromatic carbocycles. The monoisotopic (exact) mass is 212 g/mol. The van der Waals surface area contributed by atoms with Crippen LogP contribution in [0.25, 0.3) is 0 Å². The summed E-state index contributed by atoms with van der Waals surface area (Å²) in [5.74, 6) is 0.396. The van der Waals surface area contributed by atoms with Gasteiger partial charge in [-0.05, 0) is 32.2 Å². The minimum absolute atomic E-state index is 0.00458. The van der Waals surface area contributed by atoms with Crippen LogP contribution in [0.1, 0.15) is 32.1 Å². The van der Waals surface area contributed by atoms with E-state index < -0.39 is 0 Å². The van der Waals surface area contributed by atoms with E-state index in [0.29, 0.717) is 0 Å². The van der Waals surface area contributed by atoms with E-state index in [1.54, 1.807) is 0 Å². The quantitative estimate of drug-likeness (QED) is 0.618. The average Bonchev–Trinajstić information content (AvgIpc) is 2.87. The number of hydrogen-bond donors (Lipinski definition) is 3. The zero-order valence-electron chi connectivity index (χ0n) is 9.04. The summed E-state index contributed by atoms with van der Waals surface area (Å²) in [7, 11) is 0. The van der Waals surface area contributed by atoms with Gasteiger partial charge in [0.05, 0.1) is 6.04 Å². The Kier molecular flexibility index (Phi) is 3.59. The highest BCUT2D eigenvalue weighted by Gasteiger charge is 2.30. The fraction of sp³-hybridized carbons (Fsp3) is 0.909. The molecule has 4 heteroatoms. The van der Waals surface area contributed by atoms with Gasteiger partial charge in [-0.25, -0.2) is 0 Å². The molecule has 0 radical (unpaired) electrons. The molecule has 3 atom stereocenters. The van der Waals surface area contributed by atoms with Crippen LogP contribution in [0.5, 0.6) is 0 Å². The van der Waals surface area contributed by atoms with Gasteiger partial charge in [-0.3, -0.25) is 4.79 Å².